The summed E-state index contributed by atoms with van der Waals surface area (Å²) < 4.78 is 153. The van der Waals surface area contributed by atoms with Gasteiger partial charge in [0.15, 0.2) is 14.3 Å². The van der Waals surface area contributed by atoms with E-state index in [9.17, 15) is 35.1 Å². The number of fused-ring (bicyclic) bond motifs is 3. The molecule has 0 saturated heterocycles. The Morgan fingerprint density at radius 2 is 0.582 bits per heavy atom. The molecule has 1 aromatic heterocycles. The molecule has 0 spiro atoms. The molecule has 0 radical (unpaired) electrons. The molecule has 8 rings (SSSR count). The van der Waals surface area contributed by atoms with Crippen LogP contribution in [-0.2, 0) is 9.13 Å². The van der Waals surface area contributed by atoms with Gasteiger partial charge in [0, 0.05) is 72.6 Å². The molecule has 0 bridgehead atoms. The van der Waals surface area contributed by atoms with Crippen molar-refractivity contribution in [2.75, 3.05) is 0 Å². The fourth-order valence-electron chi connectivity index (χ4n) is 7.05. The van der Waals surface area contributed by atoms with Crippen LogP contribution in [0.5, 0.6) is 0 Å². The van der Waals surface area contributed by atoms with Crippen LogP contribution in [0.25, 0.3) is 27.5 Å². The largest absolute Gasteiger partial charge is 0.309 e. The van der Waals surface area contributed by atoms with Crippen molar-refractivity contribution in [1.82, 2.24) is 4.57 Å². The Balaban J connectivity index is 1.58. The Hall–Kier alpha value is -5.76. The molecule has 0 saturated carbocycles. The van der Waals surface area contributed by atoms with Crippen LogP contribution in [0.15, 0.2) is 140 Å². The zero-order chi connectivity index (χ0) is 38.8. The molecular formula is C42H23F8NO2P2. The zero-order valence-corrected chi connectivity index (χ0v) is 29.7. The quantitative estimate of drug-likeness (QED) is 0.120. The van der Waals surface area contributed by atoms with Crippen molar-refractivity contribution in [2.24, 2.45) is 0 Å². The van der Waals surface area contributed by atoms with Crippen LogP contribution in [0.3, 0.4) is 0 Å². The van der Waals surface area contributed by atoms with Crippen molar-refractivity contribution in [3.63, 3.8) is 0 Å². The first-order valence-corrected chi connectivity index (χ1v) is 19.9. The number of aromatic nitrogens is 1. The van der Waals surface area contributed by atoms with E-state index in [1.165, 1.54) is 12.1 Å². The van der Waals surface area contributed by atoms with Crippen molar-refractivity contribution in [1.29, 1.82) is 0 Å². The summed E-state index contributed by atoms with van der Waals surface area (Å²) in [6, 6.07) is 25.7. The SMILES string of the molecule is O=P(c1cc(F)cc(F)c1)(c1cc(F)cc(F)c1)c1cc(-n2c3ccccc3c3ccccc32)cc(P(=O)(c2cc(F)cc(F)c2)c2cc(F)cc(F)c2)c1. The number of para-hydroxylation sites is 2. The van der Waals surface area contributed by atoms with Gasteiger partial charge in [-0.15, -0.1) is 0 Å². The summed E-state index contributed by atoms with van der Waals surface area (Å²) in [6.07, 6.45) is 0. The molecule has 0 amide bonds. The lowest BCUT2D eigenvalue weighted by molar-refractivity contribution is 0.578. The molecule has 0 aliphatic carbocycles. The summed E-state index contributed by atoms with van der Waals surface area (Å²) in [5.74, 6) is -9.43. The lowest BCUT2D eigenvalue weighted by Crippen LogP contribution is -2.32. The normalized spacial score (nSPS) is 12.1. The third-order valence-corrected chi connectivity index (χ3v) is 15.2. The third kappa shape index (κ3) is 6.27. The number of benzene rings is 7. The maximum Gasteiger partial charge on any atom is 0.171 e. The molecule has 274 valence electrons. The minimum Gasteiger partial charge on any atom is -0.309 e. The minimum atomic E-state index is -4.84. The van der Waals surface area contributed by atoms with Crippen LogP contribution in [0, 0.1) is 46.5 Å². The summed E-state index contributed by atoms with van der Waals surface area (Å²) >= 11 is 0. The predicted octanol–water partition coefficient (Wildman–Crippen LogP) is 9.18. The van der Waals surface area contributed by atoms with Crippen LogP contribution in [-0.4, -0.2) is 4.57 Å². The molecule has 0 aliphatic rings. The molecule has 0 unspecified atom stereocenters. The predicted molar refractivity (Wildman–Crippen MR) is 199 cm³/mol. The maximum absolute atomic E-state index is 15.8. The Morgan fingerprint density at radius 1 is 0.327 bits per heavy atom. The number of nitrogens with zero attached hydrogens (tertiary/aromatic N) is 1. The van der Waals surface area contributed by atoms with Gasteiger partial charge in [-0.2, -0.15) is 0 Å². The summed E-state index contributed by atoms with van der Waals surface area (Å²) in [6.45, 7) is 0. The molecule has 8 aromatic rings. The Labute approximate surface area is 307 Å². The van der Waals surface area contributed by atoms with E-state index in [-0.39, 0.29) is 16.3 Å². The van der Waals surface area contributed by atoms with Crippen molar-refractivity contribution >= 4 is 67.9 Å². The van der Waals surface area contributed by atoms with E-state index < -0.39 is 82.0 Å². The second-order valence-corrected chi connectivity index (χ2v) is 18.3. The third-order valence-electron chi connectivity index (χ3n) is 9.30. The van der Waals surface area contributed by atoms with Crippen LogP contribution < -0.4 is 31.8 Å². The highest BCUT2D eigenvalue weighted by Crippen LogP contribution is 2.48. The van der Waals surface area contributed by atoms with E-state index in [0.717, 1.165) is 65.4 Å². The summed E-state index contributed by atoms with van der Waals surface area (Å²) in [5, 5.41) is -1.51. The van der Waals surface area contributed by atoms with E-state index in [4.69, 9.17) is 0 Å². The van der Waals surface area contributed by atoms with Crippen LogP contribution in [0.2, 0.25) is 0 Å². The van der Waals surface area contributed by atoms with Crippen LogP contribution >= 0.6 is 14.3 Å². The van der Waals surface area contributed by atoms with E-state index >= 15 is 9.13 Å². The first kappa shape index (κ1) is 36.2. The van der Waals surface area contributed by atoms with Crippen molar-refractivity contribution < 1.29 is 44.3 Å². The maximum atomic E-state index is 15.8. The molecule has 0 aliphatic heterocycles. The van der Waals surface area contributed by atoms with Gasteiger partial charge >= 0.3 is 0 Å². The molecule has 0 fully saturated rings. The second kappa shape index (κ2) is 13.5. The summed E-state index contributed by atoms with van der Waals surface area (Å²) in [4.78, 5) is 0. The average Bonchev–Trinajstić information content (AvgIpc) is 3.47. The van der Waals surface area contributed by atoms with Gasteiger partial charge in [0.05, 0.1) is 11.0 Å². The van der Waals surface area contributed by atoms with Crippen LogP contribution in [0.4, 0.5) is 35.1 Å². The highest BCUT2D eigenvalue weighted by atomic mass is 31.2. The highest BCUT2D eigenvalue weighted by molar-refractivity contribution is 7.86. The topological polar surface area (TPSA) is 39.1 Å². The van der Waals surface area contributed by atoms with E-state index in [0.29, 0.717) is 35.3 Å². The standard InChI is InChI=1S/C42H23F8NO2P2/c43-24-9-25(44)14-33(13-24)54(52,34-15-26(45)10-27(46)16-34)37-21-32(51-41-7-3-1-5-39(41)40-6-2-4-8-42(40)51)22-38(23-37)55(53,35-17-28(47)11-29(48)18-35)36-19-30(49)12-31(50)20-36/h1-23H. The first-order chi connectivity index (χ1) is 26.2. The van der Waals surface area contributed by atoms with Gasteiger partial charge in [-0.05, 0) is 78.9 Å². The van der Waals surface area contributed by atoms with Crippen molar-refractivity contribution in [2.45, 2.75) is 0 Å². The fraction of sp³-hybridized carbons (Fsp3) is 0. The Bertz CT molecular complexity index is 2580. The monoisotopic (exact) mass is 787 g/mol. The molecule has 0 N–H and O–H groups in total. The van der Waals surface area contributed by atoms with Gasteiger partial charge in [0.1, 0.15) is 46.5 Å². The molecule has 7 aromatic carbocycles. The molecule has 0 atom stereocenters. The van der Waals surface area contributed by atoms with Crippen molar-refractivity contribution in [3.05, 3.63) is 186 Å². The average molecular weight is 788 g/mol. The van der Waals surface area contributed by atoms with Crippen molar-refractivity contribution in [3.8, 4) is 5.69 Å². The summed E-state index contributed by atoms with van der Waals surface area (Å²) in [7, 11) is -9.68. The zero-order valence-electron chi connectivity index (χ0n) is 28.0. The number of rotatable bonds is 7. The van der Waals surface area contributed by atoms with Crippen LogP contribution in [0.1, 0.15) is 0 Å². The molecule has 13 heteroatoms. The fourth-order valence-corrected chi connectivity index (χ4v) is 12.7. The molecule has 3 nitrogen and oxygen atoms in total. The van der Waals surface area contributed by atoms with E-state index in [1.54, 1.807) is 41.0 Å². The highest BCUT2D eigenvalue weighted by Gasteiger charge is 2.38. The lowest BCUT2D eigenvalue weighted by atomic mass is 10.2. The van der Waals surface area contributed by atoms with Gasteiger partial charge in [-0.3, -0.25) is 0 Å². The smallest absolute Gasteiger partial charge is 0.171 e. The molecule has 1 heterocycles. The van der Waals surface area contributed by atoms with E-state index in [1.807, 2.05) is 12.1 Å². The second-order valence-electron chi connectivity index (χ2n) is 12.8. The van der Waals surface area contributed by atoms with Gasteiger partial charge < -0.3 is 13.7 Å². The van der Waals surface area contributed by atoms with Gasteiger partial charge in [-0.1, -0.05) is 36.4 Å². The Kier molecular flexibility index (Phi) is 8.90. The van der Waals surface area contributed by atoms with Gasteiger partial charge in [-0.25, -0.2) is 35.1 Å². The number of hydrogen-bond donors (Lipinski definition) is 0. The van der Waals surface area contributed by atoms with E-state index in [2.05, 4.69) is 0 Å². The molecule has 55 heavy (non-hydrogen) atoms. The molecular weight excluding hydrogens is 764 g/mol. The lowest BCUT2D eigenvalue weighted by Gasteiger charge is -2.26. The Morgan fingerprint density at radius 3 is 0.873 bits per heavy atom. The number of halogens is 8. The summed E-state index contributed by atoms with van der Waals surface area (Å²) in [5.41, 5.74) is 1.19. The van der Waals surface area contributed by atoms with Gasteiger partial charge in [0.25, 0.3) is 0 Å². The van der Waals surface area contributed by atoms with Gasteiger partial charge in [0.2, 0.25) is 0 Å². The number of hydrogen-bond acceptors (Lipinski definition) is 2. The minimum absolute atomic E-state index is 0.0767. The first-order valence-electron chi connectivity index (χ1n) is 16.5.